The Kier molecular flexibility index (Phi) is 6.98. The molecule has 0 saturated carbocycles. The van der Waals surface area contributed by atoms with Crippen LogP contribution in [-0.2, 0) is 9.59 Å². The van der Waals surface area contributed by atoms with Crippen molar-refractivity contribution in [2.24, 2.45) is 0 Å². The fourth-order valence-corrected chi connectivity index (χ4v) is 3.65. The van der Waals surface area contributed by atoms with Gasteiger partial charge in [0.15, 0.2) is 0 Å². The molecule has 2 amide bonds. The van der Waals surface area contributed by atoms with Crippen molar-refractivity contribution in [1.29, 1.82) is 0 Å². The van der Waals surface area contributed by atoms with Crippen LogP contribution in [0.3, 0.4) is 0 Å². The minimum absolute atomic E-state index is 0.111. The monoisotopic (exact) mass is 373 g/mol. The first-order valence-corrected chi connectivity index (χ1v) is 9.85. The molecule has 2 fully saturated rings. The Bertz CT molecular complexity index is 686. The predicted molar refractivity (Wildman–Crippen MR) is 104 cm³/mol. The second-order valence-electron chi connectivity index (χ2n) is 7.21. The van der Waals surface area contributed by atoms with Gasteiger partial charge in [-0.25, -0.2) is 4.39 Å². The minimum atomic E-state index is -0.350. The van der Waals surface area contributed by atoms with Gasteiger partial charge < -0.3 is 14.7 Å². The summed E-state index contributed by atoms with van der Waals surface area (Å²) in [6.07, 6.45) is 7.02. The molecule has 1 aromatic carbocycles. The predicted octanol–water partition coefficient (Wildman–Crippen LogP) is 2.39. The topological polar surface area (TPSA) is 43.9 Å². The van der Waals surface area contributed by atoms with Gasteiger partial charge in [-0.2, -0.15) is 0 Å². The smallest absolute Gasteiger partial charge is 0.246 e. The summed E-state index contributed by atoms with van der Waals surface area (Å²) in [5.41, 5.74) is 0.389. The average molecular weight is 373 g/mol. The van der Waals surface area contributed by atoms with Gasteiger partial charge in [-0.15, -0.1) is 0 Å². The highest BCUT2D eigenvalue weighted by Crippen LogP contribution is 2.12. The van der Waals surface area contributed by atoms with Crippen molar-refractivity contribution >= 4 is 17.9 Å². The lowest BCUT2D eigenvalue weighted by Gasteiger charge is -2.29. The Labute approximate surface area is 160 Å². The molecule has 0 radical (unpaired) electrons. The Hall–Kier alpha value is -2.21. The van der Waals surface area contributed by atoms with Gasteiger partial charge in [0.2, 0.25) is 11.8 Å². The maximum atomic E-state index is 13.7. The van der Waals surface area contributed by atoms with Gasteiger partial charge in [-0.05, 0) is 38.1 Å². The van der Waals surface area contributed by atoms with Crippen molar-refractivity contribution in [2.45, 2.75) is 25.7 Å². The molecule has 5 nitrogen and oxygen atoms in total. The molecule has 0 N–H and O–H groups in total. The van der Waals surface area contributed by atoms with E-state index < -0.39 is 0 Å². The van der Waals surface area contributed by atoms with Crippen molar-refractivity contribution < 1.29 is 14.0 Å². The Balaban J connectivity index is 1.51. The van der Waals surface area contributed by atoms with Crippen LogP contribution in [0.2, 0.25) is 0 Å². The first-order chi connectivity index (χ1) is 13.1. The molecule has 146 valence electrons. The van der Waals surface area contributed by atoms with Gasteiger partial charge >= 0.3 is 0 Å². The molecule has 0 aliphatic carbocycles. The zero-order valence-electron chi connectivity index (χ0n) is 15.8. The third kappa shape index (κ3) is 5.63. The van der Waals surface area contributed by atoms with E-state index in [1.807, 2.05) is 4.90 Å². The molecule has 2 aliphatic heterocycles. The van der Waals surface area contributed by atoms with Gasteiger partial charge in [0.1, 0.15) is 5.82 Å². The van der Waals surface area contributed by atoms with Gasteiger partial charge in [0, 0.05) is 50.8 Å². The number of hydrogen-bond acceptors (Lipinski definition) is 3. The number of carbonyl (C=O) groups is 2. The molecular weight excluding hydrogens is 345 g/mol. The second-order valence-corrected chi connectivity index (χ2v) is 7.21. The van der Waals surface area contributed by atoms with Gasteiger partial charge in [-0.3, -0.25) is 9.59 Å². The van der Waals surface area contributed by atoms with E-state index in [1.54, 1.807) is 23.1 Å². The number of amides is 2. The highest BCUT2D eigenvalue weighted by Gasteiger charge is 2.23. The standard InChI is InChI=1S/C21H28FN3O2/c22-19-7-3-2-6-18(19)8-9-20(26)24-13-10-21(27)25(17-16-24)15-14-23-11-4-1-5-12-23/h2-3,6-9H,1,4-5,10-17H2/b9-8+. The molecule has 3 rings (SSSR count). The molecule has 6 heteroatoms. The zero-order chi connectivity index (χ0) is 19.1. The number of nitrogens with zero attached hydrogens (tertiary/aromatic N) is 3. The van der Waals surface area contributed by atoms with E-state index in [0.717, 1.165) is 26.2 Å². The highest BCUT2D eigenvalue weighted by molar-refractivity contribution is 5.92. The molecular formula is C21H28FN3O2. The van der Waals surface area contributed by atoms with E-state index in [4.69, 9.17) is 0 Å². The summed E-state index contributed by atoms with van der Waals surface area (Å²) in [4.78, 5) is 30.8. The van der Waals surface area contributed by atoms with E-state index in [2.05, 4.69) is 4.90 Å². The van der Waals surface area contributed by atoms with Gasteiger partial charge in [0.25, 0.3) is 0 Å². The minimum Gasteiger partial charge on any atom is -0.340 e. The van der Waals surface area contributed by atoms with Crippen LogP contribution >= 0.6 is 0 Å². The lowest BCUT2D eigenvalue weighted by Crippen LogP contribution is -2.41. The zero-order valence-corrected chi connectivity index (χ0v) is 15.8. The number of hydrogen-bond donors (Lipinski definition) is 0. The van der Waals surface area contributed by atoms with Crippen LogP contribution < -0.4 is 0 Å². The highest BCUT2D eigenvalue weighted by atomic mass is 19.1. The van der Waals surface area contributed by atoms with E-state index >= 15 is 0 Å². The van der Waals surface area contributed by atoms with Gasteiger partial charge in [-0.1, -0.05) is 24.6 Å². The Morgan fingerprint density at radius 2 is 1.78 bits per heavy atom. The summed E-state index contributed by atoms with van der Waals surface area (Å²) in [5, 5.41) is 0. The SMILES string of the molecule is O=C(/C=C/c1ccccc1F)N1CCC(=O)N(CCN2CCCCC2)CC1. The molecule has 0 aromatic heterocycles. The number of rotatable bonds is 5. The number of carbonyl (C=O) groups excluding carboxylic acids is 2. The maximum Gasteiger partial charge on any atom is 0.246 e. The summed E-state index contributed by atoms with van der Waals surface area (Å²) in [6, 6.07) is 6.35. The first-order valence-electron chi connectivity index (χ1n) is 9.85. The summed E-state index contributed by atoms with van der Waals surface area (Å²) in [6.45, 7) is 5.37. The average Bonchev–Trinajstić information content (AvgIpc) is 2.88. The third-order valence-corrected chi connectivity index (χ3v) is 5.35. The molecule has 2 saturated heterocycles. The van der Waals surface area contributed by atoms with Gasteiger partial charge in [0.05, 0.1) is 0 Å². The van der Waals surface area contributed by atoms with Crippen LogP contribution in [0, 0.1) is 5.82 Å². The second kappa shape index (κ2) is 9.65. The van der Waals surface area contributed by atoms with Crippen molar-refractivity contribution in [3.63, 3.8) is 0 Å². The number of halogens is 1. The summed E-state index contributed by atoms with van der Waals surface area (Å²) >= 11 is 0. The molecule has 2 heterocycles. The van der Waals surface area contributed by atoms with E-state index in [-0.39, 0.29) is 17.6 Å². The third-order valence-electron chi connectivity index (χ3n) is 5.35. The van der Waals surface area contributed by atoms with Crippen LogP contribution in [0.15, 0.2) is 30.3 Å². The fourth-order valence-electron chi connectivity index (χ4n) is 3.65. The van der Waals surface area contributed by atoms with Crippen molar-refractivity contribution in [1.82, 2.24) is 14.7 Å². The van der Waals surface area contributed by atoms with E-state index in [0.29, 0.717) is 31.6 Å². The fraction of sp³-hybridized carbons (Fsp3) is 0.524. The van der Waals surface area contributed by atoms with Crippen molar-refractivity contribution in [3.8, 4) is 0 Å². The molecule has 2 aliphatic rings. The van der Waals surface area contributed by atoms with Crippen LogP contribution in [0.25, 0.3) is 6.08 Å². The van der Waals surface area contributed by atoms with Crippen LogP contribution in [-0.4, -0.2) is 72.3 Å². The molecule has 1 aromatic rings. The molecule has 0 unspecified atom stereocenters. The number of piperidine rings is 1. The van der Waals surface area contributed by atoms with E-state index in [1.165, 1.54) is 37.5 Å². The molecule has 0 spiro atoms. The van der Waals surface area contributed by atoms with E-state index in [9.17, 15) is 14.0 Å². The van der Waals surface area contributed by atoms with Crippen LogP contribution in [0.5, 0.6) is 0 Å². The number of benzene rings is 1. The Morgan fingerprint density at radius 1 is 1.00 bits per heavy atom. The number of likely N-dealkylation sites (tertiary alicyclic amines) is 1. The summed E-state index contributed by atoms with van der Waals surface area (Å²) < 4.78 is 13.7. The van der Waals surface area contributed by atoms with Crippen LogP contribution in [0.4, 0.5) is 4.39 Å². The lowest BCUT2D eigenvalue weighted by atomic mass is 10.1. The Morgan fingerprint density at radius 3 is 2.56 bits per heavy atom. The molecule has 27 heavy (non-hydrogen) atoms. The van der Waals surface area contributed by atoms with Crippen molar-refractivity contribution in [3.05, 3.63) is 41.7 Å². The molecule has 0 bridgehead atoms. The molecule has 0 atom stereocenters. The largest absolute Gasteiger partial charge is 0.340 e. The maximum absolute atomic E-state index is 13.7. The lowest BCUT2D eigenvalue weighted by molar-refractivity contribution is -0.130. The normalized spacial score (nSPS) is 19.5. The van der Waals surface area contributed by atoms with Crippen molar-refractivity contribution in [2.75, 3.05) is 45.8 Å². The summed E-state index contributed by atoms with van der Waals surface area (Å²) in [5.74, 6) is -0.416. The van der Waals surface area contributed by atoms with Crippen LogP contribution in [0.1, 0.15) is 31.2 Å². The quantitative estimate of drug-likeness (QED) is 0.745. The first kappa shape index (κ1) is 19.5. The summed E-state index contributed by atoms with van der Waals surface area (Å²) in [7, 11) is 0.